The van der Waals surface area contributed by atoms with Crippen LogP contribution in [0.25, 0.3) is 0 Å². The molecule has 1 aromatic rings. The maximum absolute atomic E-state index is 11.8. The van der Waals surface area contributed by atoms with E-state index in [2.05, 4.69) is 40.3 Å². The van der Waals surface area contributed by atoms with Crippen LogP contribution in [-0.4, -0.2) is 30.4 Å². The van der Waals surface area contributed by atoms with Crippen LogP contribution in [0, 0.1) is 0 Å². The van der Waals surface area contributed by atoms with Gasteiger partial charge in [0.05, 0.1) is 6.54 Å². The van der Waals surface area contributed by atoms with Crippen molar-refractivity contribution in [3.05, 3.63) is 34.3 Å². The predicted octanol–water partition coefficient (Wildman–Crippen LogP) is 2.97. The molecule has 0 aliphatic carbocycles. The van der Waals surface area contributed by atoms with Gasteiger partial charge in [0.15, 0.2) is 0 Å². The van der Waals surface area contributed by atoms with Crippen molar-refractivity contribution in [2.45, 2.75) is 32.9 Å². The van der Waals surface area contributed by atoms with Crippen LogP contribution < -0.4 is 5.32 Å². The van der Waals surface area contributed by atoms with Crippen molar-refractivity contribution in [2.24, 2.45) is 0 Å². The molecular formula is C14H21BrN2O. The molecule has 4 heteroatoms. The number of likely N-dealkylation sites (N-methyl/N-ethyl adjacent to an activating group) is 1. The minimum absolute atomic E-state index is 0.117. The number of halogens is 1. The van der Waals surface area contributed by atoms with E-state index in [-0.39, 0.29) is 18.0 Å². The maximum atomic E-state index is 11.8. The number of benzene rings is 1. The highest BCUT2D eigenvalue weighted by atomic mass is 79.9. The fraction of sp³-hybridized carbons (Fsp3) is 0.500. The summed E-state index contributed by atoms with van der Waals surface area (Å²) in [6.45, 7) is 6.44. The van der Waals surface area contributed by atoms with E-state index in [0.717, 1.165) is 4.47 Å². The summed E-state index contributed by atoms with van der Waals surface area (Å²) in [7, 11) is 1.83. The molecule has 0 aromatic heterocycles. The van der Waals surface area contributed by atoms with Crippen molar-refractivity contribution < 1.29 is 4.79 Å². The molecule has 18 heavy (non-hydrogen) atoms. The van der Waals surface area contributed by atoms with Gasteiger partial charge in [0, 0.05) is 23.6 Å². The summed E-state index contributed by atoms with van der Waals surface area (Å²) in [5.74, 6) is 0.117. The van der Waals surface area contributed by atoms with E-state index in [9.17, 15) is 4.79 Å². The first kappa shape index (κ1) is 15.2. The molecule has 1 amide bonds. The van der Waals surface area contributed by atoms with Crippen molar-refractivity contribution in [3.63, 3.8) is 0 Å². The topological polar surface area (TPSA) is 32.3 Å². The molecule has 1 N–H and O–H groups in total. The lowest BCUT2D eigenvalue weighted by Gasteiger charge is -2.23. The van der Waals surface area contributed by atoms with Gasteiger partial charge in [-0.15, -0.1) is 0 Å². The number of hydrogen-bond acceptors (Lipinski definition) is 2. The van der Waals surface area contributed by atoms with Crippen LogP contribution in [0.2, 0.25) is 0 Å². The van der Waals surface area contributed by atoms with Gasteiger partial charge in [-0.2, -0.15) is 0 Å². The molecule has 1 atom stereocenters. The Balaban J connectivity index is 2.51. The summed E-state index contributed by atoms with van der Waals surface area (Å²) in [5.41, 5.74) is 1.17. The lowest BCUT2D eigenvalue weighted by molar-refractivity contribution is -0.130. The number of rotatable bonds is 5. The third kappa shape index (κ3) is 4.42. The van der Waals surface area contributed by atoms with E-state index in [1.165, 1.54) is 5.56 Å². The van der Waals surface area contributed by atoms with Gasteiger partial charge in [-0.3, -0.25) is 4.79 Å². The molecule has 100 valence electrons. The fourth-order valence-electron chi connectivity index (χ4n) is 1.55. The van der Waals surface area contributed by atoms with Crippen LogP contribution in [-0.2, 0) is 4.79 Å². The molecule has 1 rings (SSSR count). The molecule has 0 bridgehead atoms. The van der Waals surface area contributed by atoms with Gasteiger partial charge in [-0.05, 0) is 38.5 Å². The van der Waals surface area contributed by atoms with Crippen LogP contribution in [0.5, 0.6) is 0 Å². The van der Waals surface area contributed by atoms with Crippen molar-refractivity contribution in [2.75, 3.05) is 13.6 Å². The van der Waals surface area contributed by atoms with Crippen molar-refractivity contribution in [3.8, 4) is 0 Å². The zero-order chi connectivity index (χ0) is 13.7. The molecule has 0 saturated carbocycles. The smallest absolute Gasteiger partial charge is 0.236 e. The molecular weight excluding hydrogens is 292 g/mol. The van der Waals surface area contributed by atoms with Crippen LogP contribution in [0.3, 0.4) is 0 Å². The standard InChI is InChI=1S/C14H21BrN2O/c1-10(2)17(4)14(18)9-16-11(3)12-6-5-7-13(15)8-12/h5-8,10-11,16H,9H2,1-4H3. The Kier molecular flexibility index (Phi) is 5.82. The predicted molar refractivity (Wildman–Crippen MR) is 78.5 cm³/mol. The average molecular weight is 313 g/mol. The van der Waals surface area contributed by atoms with Gasteiger partial charge < -0.3 is 10.2 Å². The lowest BCUT2D eigenvalue weighted by atomic mass is 10.1. The number of nitrogens with zero attached hydrogens (tertiary/aromatic N) is 1. The highest BCUT2D eigenvalue weighted by Crippen LogP contribution is 2.17. The van der Waals surface area contributed by atoms with Crippen molar-refractivity contribution >= 4 is 21.8 Å². The Morgan fingerprint density at radius 2 is 2.06 bits per heavy atom. The molecule has 0 spiro atoms. The highest BCUT2D eigenvalue weighted by Gasteiger charge is 2.13. The minimum atomic E-state index is 0.117. The van der Waals surface area contributed by atoms with Gasteiger partial charge in [0.25, 0.3) is 0 Å². The Morgan fingerprint density at radius 3 is 2.61 bits per heavy atom. The summed E-state index contributed by atoms with van der Waals surface area (Å²) in [6, 6.07) is 8.51. The monoisotopic (exact) mass is 312 g/mol. The van der Waals surface area contributed by atoms with E-state index in [4.69, 9.17) is 0 Å². The summed E-state index contributed by atoms with van der Waals surface area (Å²) in [5, 5.41) is 3.25. The molecule has 1 aromatic carbocycles. The normalized spacial score (nSPS) is 12.6. The third-order valence-electron chi connectivity index (χ3n) is 3.08. The molecule has 3 nitrogen and oxygen atoms in total. The largest absolute Gasteiger partial charge is 0.342 e. The van der Waals surface area contributed by atoms with Gasteiger partial charge in [0.2, 0.25) is 5.91 Å². The average Bonchev–Trinajstić information content (AvgIpc) is 2.34. The van der Waals surface area contributed by atoms with Gasteiger partial charge in [-0.1, -0.05) is 28.1 Å². The first-order valence-corrected chi connectivity index (χ1v) is 6.95. The van der Waals surface area contributed by atoms with Gasteiger partial charge in [0.1, 0.15) is 0 Å². The van der Waals surface area contributed by atoms with Gasteiger partial charge in [-0.25, -0.2) is 0 Å². The van der Waals surface area contributed by atoms with E-state index >= 15 is 0 Å². The van der Waals surface area contributed by atoms with Crippen LogP contribution in [0.4, 0.5) is 0 Å². The third-order valence-corrected chi connectivity index (χ3v) is 3.57. The summed E-state index contributed by atoms with van der Waals surface area (Å²) >= 11 is 3.45. The van der Waals surface area contributed by atoms with Crippen LogP contribution in [0.15, 0.2) is 28.7 Å². The molecule has 0 aliphatic heterocycles. The Morgan fingerprint density at radius 1 is 1.39 bits per heavy atom. The van der Waals surface area contributed by atoms with Crippen molar-refractivity contribution in [1.29, 1.82) is 0 Å². The first-order chi connectivity index (χ1) is 8.41. The quantitative estimate of drug-likeness (QED) is 0.906. The molecule has 0 fully saturated rings. The SMILES string of the molecule is CC(NCC(=O)N(C)C(C)C)c1cccc(Br)c1. The number of carbonyl (C=O) groups excluding carboxylic acids is 1. The molecule has 1 unspecified atom stereocenters. The Labute approximate surface area is 118 Å². The summed E-state index contributed by atoms with van der Waals surface area (Å²) < 4.78 is 1.05. The number of amides is 1. The number of hydrogen-bond donors (Lipinski definition) is 1. The number of nitrogens with one attached hydrogen (secondary N) is 1. The van der Waals surface area contributed by atoms with E-state index in [0.29, 0.717) is 6.54 Å². The van der Waals surface area contributed by atoms with Gasteiger partial charge >= 0.3 is 0 Å². The fourth-order valence-corrected chi connectivity index (χ4v) is 1.96. The minimum Gasteiger partial charge on any atom is -0.342 e. The molecule has 0 saturated heterocycles. The molecule has 0 aliphatic rings. The summed E-state index contributed by atoms with van der Waals surface area (Å²) in [6.07, 6.45) is 0. The second kappa shape index (κ2) is 6.90. The molecule has 0 heterocycles. The second-order valence-corrected chi connectivity index (χ2v) is 5.67. The Bertz CT molecular complexity index is 407. The zero-order valence-corrected chi connectivity index (χ0v) is 13.0. The Hall–Kier alpha value is -0.870. The molecule has 0 radical (unpaired) electrons. The summed E-state index contributed by atoms with van der Waals surface area (Å²) in [4.78, 5) is 13.6. The van der Waals surface area contributed by atoms with E-state index in [1.54, 1.807) is 4.90 Å². The van der Waals surface area contributed by atoms with Crippen LogP contribution >= 0.6 is 15.9 Å². The highest BCUT2D eigenvalue weighted by molar-refractivity contribution is 9.10. The zero-order valence-electron chi connectivity index (χ0n) is 11.4. The van der Waals surface area contributed by atoms with E-state index in [1.807, 2.05) is 33.0 Å². The second-order valence-electron chi connectivity index (χ2n) is 4.76. The van der Waals surface area contributed by atoms with E-state index < -0.39 is 0 Å². The number of carbonyl (C=O) groups is 1. The first-order valence-electron chi connectivity index (χ1n) is 6.16. The maximum Gasteiger partial charge on any atom is 0.236 e. The van der Waals surface area contributed by atoms with Crippen molar-refractivity contribution in [1.82, 2.24) is 10.2 Å². The lowest BCUT2D eigenvalue weighted by Crippen LogP contribution is -2.40. The van der Waals surface area contributed by atoms with Crippen LogP contribution in [0.1, 0.15) is 32.4 Å².